The summed E-state index contributed by atoms with van der Waals surface area (Å²) in [6, 6.07) is 8.78. The maximum atomic E-state index is 13.9. The number of nitrogens with zero attached hydrogens (tertiary/aromatic N) is 2. The molecule has 0 atom stereocenters. The van der Waals surface area contributed by atoms with Crippen molar-refractivity contribution in [3.8, 4) is 6.07 Å². The van der Waals surface area contributed by atoms with E-state index in [1.54, 1.807) is 18.2 Å². The summed E-state index contributed by atoms with van der Waals surface area (Å²) in [7, 11) is 0. The van der Waals surface area contributed by atoms with E-state index in [9.17, 15) is 14.4 Å². The number of nitrogens with two attached hydrogens (primary N) is 1. The van der Waals surface area contributed by atoms with Gasteiger partial charge in [0.15, 0.2) is 0 Å². The normalized spacial score (nSPS) is 18.4. The van der Waals surface area contributed by atoms with Gasteiger partial charge in [0.1, 0.15) is 5.82 Å². The van der Waals surface area contributed by atoms with Crippen molar-refractivity contribution in [3.63, 3.8) is 0 Å². The third kappa shape index (κ3) is 2.97. The van der Waals surface area contributed by atoms with E-state index in [1.165, 1.54) is 6.07 Å². The van der Waals surface area contributed by atoms with Gasteiger partial charge in [-0.25, -0.2) is 4.39 Å². The molecule has 2 N–H and O–H groups in total. The molecule has 0 unspecified atom stereocenters. The van der Waals surface area contributed by atoms with Gasteiger partial charge in [0, 0.05) is 18.5 Å². The van der Waals surface area contributed by atoms with Gasteiger partial charge in [-0.2, -0.15) is 5.26 Å². The van der Waals surface area contributed by atoms with Crippen molar-refractivity contribution in [1.82, 2.24) is 4.90 Å². The summed E-state index contributed by atoms with van der Waals surface area (Å²) >= 11 is 0. The molecule has 0 aromatic heterocycles. The van der Waals surface area contributed by atoms with Crippen LogP contribution in [0.2, 0.25) is 0 Å². The number of nitriles is 1. The monoisotopic (exact) mass is 275 g/mol. The van der Waals surface area contributed by atoms with Gasteiger partial charge in [-0.1, -0.05) is 18.2 Å². The molecule has 20 heavy (non-hydrogen) atoms. The number of primary amides is 1. The smallest absolute Gasteiger partial charge is 0.218 e. The summed E-state index contributed by atoms with van der Waals surface area (Å²) < 4.78 is 13.9. The number of carbonyl (C=O) groups is 1. The van der Waals surface area contributed by atoms with Crippen molar-refractivity contribution >= 4 is 5.91 Å². The van der Waals surface area contributed by atoms with Crippen molar-refractivity contribution in [2.24, 2.45) is 5.73 Å². The maximum Gasteiger partial charge on any atom is 0.218 e. The van der Waals surface area contributed by atoms with E-state index in [-0.39, 0.29) is 11.7 Å². The minimum Gasteiger partial charge on any atom is -0.370 e. The van der Waals surface area contributed by atoms with E-state index in [0.29, 0.717) is 44.5 Å². The fraction of sp³-hybridized carbons (Fsp3) is 0.467. The summed E-state index contributed by atoms with van der Waals surface area (Å²) in [5, 5.41) is 9.51. The molecule has 1 aromatic carbocycles. The molecule has 5 heteroatoms. The van der Waals surface area contributed by atoms with Crippen LogP contribution in [0.4, 0.5) is 4.39 Å². The van der Waals surface area contributed by atoms with E-state index < -0.39 is 5.41 Å². The average molecular weight is 275 g/mol. The lowest BCUT2D eigenvalue weighted by atomic mass is 9.74. The summed E-state index contributed by atoms with van der Waals surface area (Å²) in [5.74, 6) is -0.643. The molecule has 1 aliphatic rings. The minimum atomic E-state index is -0.755. The Hall–Kier alpha value is -1.93. The highest BCUT2D eigenvalue weighted by molar-refractivity contribution is 5.73. The van der Waals surface area contributed by atoms with Crippen molar-refractivity contribution in [1.29, 1.82) is 5.26 Å². The van der Waals surface area contributed by atoms with Crippen LogP contribution in [0.5, 0.6) is 0 Å². The lowest BCUT2D eigenvalue weighted by Crippen LogP contribution is -2.43. The Bertz CT molecular complexity index is 530. The Morgan fingerprint density at radius 2 is 2.05 bits per heavy atom. The SMILES string of the molecule is N#CC1(c2ccccc2F)CCN(CCC(N)=O)CC1. The van der Waals surface area contributed by atoms with Crippen LogP contribution in [-0.2, 0) is 10.2 Å². The van der Waals surface area contributed by atoms with Gasteiger partial charge in [0.25, 0.3) is 0 Å². The third-order valence-electron chi connectivity index (χ3n) is 3.99. The number of hydrogen-bond donors (Lipinski definition) is 1. The highest BCUT2D eigenvalue weighted by Crippen LogP contribution is 2.36. The van der Waals surface area contributed by atoms with Crippen LogP contribution in [0.1, 0.15) is 24.8 Å². The summed E-state index contributed by atoms with van der Waals surface area (Å²) in [5.41, 5.74) is 4.86. The molecule has 0 bridgehead atoms. The predicted octanol–water partition coefficient (Wildman–Crippen LogP) is 1.56. The number of amides is 1. The van der Waals surface area contributed by atoms with Crippen LogP contribution >= 0.6 is 0 Å². The average Bonchev–Trinajstić information content (AvgIpc) is 2.46. The van der Waals surface area contributed by atoms with Gasteiger partial charge in [-0.05, 0) is 32.0 Å². The molecule has 1 saturated heterocycles. The lowest BCUT2D eigenvalue weighted by Gasteiger charge is -2.37. The predicted molar refractivity (Wildman–Crippen MR) is 73.2 cm³/mol. The molecule has 0 aliphatic carbocycles. The molecular weight excluding hydrogens is 257 g/mol. The zero-order valence-electron chi connectivity index (χ0n) is 11.3. The first-order valence-corrected chi connectivity index (χ1v) is 6.74. The first-order valence-electron chi connectivity index (χ1n) is 6.74. The van der Waals surface area contributed by atoms with Crippen molar-refractivity contribution < 1.29 is 9.18 Å². The molecule has 2 rings (SSSR count). The van der Waals surface area contributed by atoms with Crippen molar-refractivity contribution in [2.75, 3.05) is 19.6 Å². The van der Waals surface area contributed by atoms with Gasteiger partial charge < -0.3 is 10.6 Å². The molecule has 0 saturated carbocycles. The van der Waals surface area contributed by atoms with Crippen LogP contribution in [0, 0.1) is 17.1 Å². The van der Waals surface area contributed by atoms with Gasteiger partial charge in [-0.3, -0.25) is 4.79 Å². The first kappa shape index (κ1) is 14.5. The topological polar surface area (TPSA) is 70.1 Å². The van der Waals surface area contributed by atoms with Gasteiger partial charge >= 0.3 is 0 Å². The number of likely N-dealkylation sites (tertiary alicyclic amines) is 1. The molecule has 106 valence electrons. The maximum absolute atomic E-state index is 13.9. The second-order valence-corrected chi connectivity index (χ2v) is 5.23. The van der Waals surface area contributed by atoms with E-state index >= 15 is 0 Å². The van der Waals surface area contributed by atoms with Gasteiger partial charge in [0.05, 0.1) is 11.5 Å². The number of halogens is 1. The number of rotatable bonds is 4. The number of benzene rings is 1. The van der Waals surface area contributed by atoms with E-state index in [2.05, 4.69) is 11.0 Å². The Morgan fingerprint density at radius 1 is 1.40 bits per heavy atom. The Kier molecular flexibility index (Phi) is 4.35. The fourth-order valence-corrected chi connectivity index (χ4v) is 2.72. The van der Waals surface area contributed by atoms with Crippen LogP contribution in [0.3, 0.4) is 0 Å². The van der Waals surface area contributed by atoms with Crippen LogP contribution in [0.15, 0.2) is 24.3 Å². The number of piperidine rings is 1. The molecule has 1 heterocycles. The molecule has 1 fully saturated rings. The molecule has 1 amide bonds. The molecular formula is C15H18FN3O. The number of hydrogen-bond acceptors (Lipinski definition) is 3. The molecule has 1 aromatic rings. The minimum absolute atomic E-state index is 0.319. The highest BCUT2D eigenvalue weighted by atomic mass is 19.1. The Labute approximate surface area is 118 Å². The van der Waals surface area contributed by atoms with E-state index in [1.807, 2.05) is 0 Å². The second kappa shape index (κ2) is 6.02. The zero-order valence-corrected chi connectivity index (χ0v) is 11.3. The Balaban J connectivity index is 2.08. The van der Waals surface area contributed by atoms with Crippen LogP contribution in [0.25, 0.3) is 0 Å². The van der Waals surface area contributed by atoms with Gasteiger partial charge in [-0.15, -0.1) is 0 Å². The van der Waals surface area contributed by atoms with Gasteiger partial charge in [0.2, 0.25) is 5.91 Å². The summed E-state index contributed by atoms with van der Waals surface area (Å²) in [4.78, 5) is 12.9. The number of carbonyl (C=O) groups excluding carboxylic acids is 1. The van der Waals surface area contributed by atoms with Crippen molar-refractivity contribution in [3.05, 3.63) is 35.6 Å². The molecule has 0 radical (unpaired) electrons. The second-order valence-electron chi connectivity index (χ2n) is 5.23. The standard InChI is InChI=1S/C15H18FN3O/c16-13-4-2-1-3-12(13)15(11-17)6-9-19(10-7-15)8-5-14(18)20/h1-4H,5-10H2,(H2,18,20). The first-order chi connectivity index (χ1) is 9.57. The van der Waals surface area contributed by atoms with E-state index in [0.717, 1.165) is 0 Å². The Morgan fingerprint density at radius 3 is 2.60 bits per heavy atom. The molecule has 1 aliphatic heterocycles. The quantitative estimate of drug-likeness (QED) is 0.906. The van der Waals surface area contributed by atoms with Crippen LogP contribution < -0.4 is 5.73 Å². The zero-order chi connectivity index (χ0) is 14.6. The fourth-order valence-electron chi connectivity index (χ4n) is 2.72. The third-order valence-corrected chi connectivity index (χ3v) is 3.99. The van der Waals surface area contributed by atoms with Crippen LogP contribution in [-0.4, -0.2) is 30.4 Å². The molecule has 4 nitrogen and oxygen atoms in total. The summed E-state index contributed by atoms with van der Waals surface area (Å²) in [6.45, 7) is 1.96. The largest absolute Gasteiger partial charge is 0.370 e. The highest BCUT2D eigenvalue weighted by Gasteiger charge is 2.38. The lowest BCUT2D eigenvalue weighted by molar-refractivity contribution is -0.118. The van der Waals surface area contributed by atoms with Crippen molar-refractivity contribution in [2.45, 2.75) is 24.7 Å². The summed E-state index contributed by atoms with van der Waals surface area (Å²) in [6.07, 6.45) is 1.46. The van der Waals surface area contributed by atoms with E-state index in [4.69, 9.17) is 5.73 Å². The molecule has 0 spiro atoms.